The number of unbranched alkanes of at least 4 members (excludes halogenated alkanes) is 9. The van der Waals surface area contributed by atoms with Crippen LogP contribution < -0.4 is 0 Å². The highest BCUT2D eigenvalue weighted by molar-refractivity contribution is 4.96. The molecule has 152 valence electrons. The van der Waals surface area contributed by atoms with E-state index in [1.807, 2.05) is 12.2 Å². The average molecular weight is 361 g/mol. The quantitative estimate of drug-likeness (QED) is 0.190. The Morgan fingerprint density at radius 1 is 0.731 bits per heavy atom. The first-order valence-corrected chi connectivity index (χ1v) is 11.1. The van der Waals surface area contributed by atoms with Gasteiger partial charge in [0.2, 0.25) is 0 Å². The molecule has 0 spiro atoms. The van der Waals surface area contributed by atoms with Crippen molar-refractivity contribution in [3.8, 4) is 0 Å². The lowest BCUT2D eigenvalue weighted by Gasteiger charge is -2.03. The molecule has 0 bridgehead atoms. The molecule has 0 heteroatoms. The Bertz CT molecular complexity index is 341. The van der Waals surface area contributed by atoms with E-state index in [0.717, 1.165) is 6.42 Å². The molecule has 1 unspecified atom stereocenters. The van der Waals surface area contributed by atoms with E-state index in [1.165, 1.54) is 82.6 Å². The second-order valence-corrected chi connectivity index (χ2v) is 7.69. The zero-order valence-electron chi connectivity index (χ0n) is 18.6. The van der Waals surface area contributed by atoms with Crippen molar-refractivity contribution < 1.29 is 0 Å². The molecule has 0 aliphatic rings. The molecule has 0 fully saturated rings. The van der Waals surface area contributed by atoms with Crippen LogP contribution in [0.25, 0.3) is 0 Å². The van der Waals surface area contributed by atoms with Gasteiger partial charge in [-0.15, -0.1) is 13.2 Å². The first-order chi connectivity index (χ1) is 12.6. The topological polar surface area (TPSA) is 0 Å². The van der Waals surface area contributed by atoms with Crippen molar-refractivity contribution in [1.29, 1.82) is 0 Å². The first-order valence-electron chi connectivity index (χ1n) is 11.1. The van der Waals surface area contributed by atoms with Gasteiger partial charge in [0.1, 0.15) is 0 Å². The third-order valence-corrected chi connectivity index (χ3v) is 4.36. The van der Waals surface area contributed by atoms with E-state index < -0.39 is 0 Å². The Kier molecular flexibility index (Phi) is 25.0. The van der Waals surface area contributed by atoms with Gasteiger partial charge >= 0.3 is 0 Å². The van der Waals surface area contributed by atoms with Crippen LogP contribution in [0.4, 0.5) is 0 Å². The van der Waals surface area contributed by atoms with E-state index in [4.69, 9.17) is 0 Å². The molecule has 0 radical (unpaired) electrons. The van der Waals surface area contributed by atoms with Crippen LogP contribution in [0.15, 0.2) is 49.1 Å². The fraction of sp³-hybridized carbons (Fsp3) is 0.692. The van der Waals surface area contributed by atoms with Gasteiger partial charge in [0.25, 0.3) is 0 Å². The fourth-order valence-corrected chi connectivity index (χ4v) is 2.86. The molecule has 0 amide bonds. The molecule has 0 aromatic heterocycles. The van der Waals surface area contributed by atoms with Gasteiger partial charge in [0.15, 0.2) is 0 Å². The molecular weight excluding hydrogens is 312 g/mol. The third-order valence-electron chi connectivity index (χ3n) is 4.36. The monoisotopic (exact) mass is 360 g/mol. The van der Waals surface area contributed by atoms with E-state index in [-0.39, 0.29) is 0 Å². The molecule has 0 rings (SSSR count). The third kappa shape index (κ3) is 27.8. The van der Waals surface area contributed by atoms with Gasteiger partial charge in [-0.05, 0) is 71.1 Å². The lowest BCUT2D eigenvalue weighted by molar-refractivity contribution is 0.611. The highest BCUT2D eigenvalue weighted by Crippen LogP contribution is 2.09. The van der Waals surface area contributed by atoms with Crippen LogP contribution in [-0.4, -0.2) is 0 Å². The molecule has 0 aromatic rings. The van der Waals surface area contributed by atoms with E-state index in [9.17, 15) is 0 Å². The van der Waals surface area contributed by atoms with Gasteiger partial charge in [0, 0.05) is 0 Å². The molecule has 26 heavy (non-hydrogen) atoms. The van der Waals surface area contributed by atoms with Gasteiger partial charge in [-0.1, -0.05) is 81.9 Å². The SMILES string of the molecule is C=CCCC(C)C=C(C)C.C=CCCCCC=CCCCCCCCC. The molecule has 0 aliphatic heterocycles. The van der Waals surface area contributed by atoms with Gasteiger partial charge in [0.05, 0.1) is 0 Å². The molecule has 0 aromatic carbocycles. The van der Waals surface area contributed by atoms with Crippen molar-refractivity contribution in [2.75, 3.05) is 0 Å². The molecule has 0 saturated carbocycles. The molecule has 0 aliphatic carbocycles. The van der Waals surface area contributed by atoms with Crippen molar-refractivity contribution in [1.82, 2.24) is 0 Å². The average Bonchev–Trinajstić information content (AvgIpc) is 2.61. The normalized spacial score (nSPS) is 11.5. The largest absolute Gasteiger partial charge is 0.103 e. The van der Waals surface area contributed by atoms with E-state index in [0.29, 0.717) is 5.92 Å². The molecule has 0 heterocycles. The Balaban J connectivity index is 0. The van der Waals surface area contributed by atoms with Gasteiger partial charge < -0.3 is 0 Å². The summed E-state index contributed by atoms with van der Waals surface area (Å²) < 4.78 is 0. The number of hydrogen-bond donors (Lipinski definition) is 0. The minimum Gasteiger partial charge on any atom is -0.103 e. The highest BCUT2D eigenvalue weighted by Gasteiger charge is 1.94. The maximum atomic E-state index is 3.73. The van der Waals surface area contributed by atoms with E-state index in [2.05, 4.69) is 59.1 Å². The predicted octanol–water partition coefficient (Wildman–Crippen LogP) is 9.59. The number of rotatable bonds is 16. The summed E-state index contributed by atoms with van der Waals surface area (Å²) in [6.07, 6.45) is 28.1. The van der Waals surface area contributed by atoms with Crippen LogP contribution >= 0.6 is 0 Å². The summed E-state index contributed by atoms with van der Waals surface area (Å²) >= 11 is 0. The van der Waals surface area contributed by atoms with Crippen LogP contribution in [0.5, 0.6) is 0 Å². The maximum absolute atomic E-state index is 3.73. The Morgan fingerprint density at radius 3 is 1.77 bits per heavy atom. The fourth-order valence-electron chi connectivity index (χ4n) is 2.86. The maximum Gasteiger partial charge on any atom is -0.0257 e. The van der Waals surface area contributed by atoms with Crippen molar-refractivity contribution in [2.24, 2.45) is 5.92 Å². The summed E-state index contributed by atoms with van der Waals surface area (Å²) in [5, 5.41) is 0. The van der Waals surface area contributed by atoms with Gasteiger partial charge in [-0.2, -0.15) is 0 Å². The summed E-state index contributed by atoms with van der Waals surface area (Å²) in [5.74, 6) is 0.711. The van der Waals surface area contributed by atoms with Crippen molar-refractivity contribution in [3.63, 3.8) is 0 Å². The number of hydrogen-bond acceptors (Lipinski definition) is 0. The van der Waals surface area contributed by atoms with Crippen LogP contribution in [-0.2, 0) is 0 Å². The smallest absolute Gasteiger partial charge is 0.0257 e. The molecule has 0 nitrogen and oxygen atoms in total. The van der Waals surface area contributed by atoms with Crippen LogP contribution in [0, 0.1) is 5.92 Å². The highest BCUT2D eigenvalue weighted by atomic mass is 14.0. The second kappa shape index (κ2) is 24.0. The summed E-state index contributed by atoms with van der Waals surface area (Å²) in [6, 6.07) is 0. The zero-order chi connectivity index (χ0) is 19.9. The summed E-state index contributed by atoms with van der Waals surface area (Å²) in [4.78, 5) is 0. The first kappa shape index (κ1) is 27.2. The van der Waals surface area contributed by atoms with Gasteiger partial charge in [-0.3, -0.25) is 0 Å². The standard InChI is InChI=1S/C16H30.C10H18/c1-3-5-7-9-11-13-15-16-14-12-10-8-6-4-2;1-5-6-7-10(4)8-9(2)3/h3,13,15H,1,4-12,14,16H2,2H3;5,8,10H,1,6-7H2,2-4H3. The van der Waals surface area contributed by atoms with Crippen molar-refractivity contribution in [3.05, 3.63) is 49.1 Å². The predicted molar refractivity (Wildman–Crippen MR) is 124 cm³/mol. The zero-order valence-corrected chi connectivity index (χ0v) is 18.6. The van der Waals surface area contributed by atoms with Crippen molar-refractivity contribution >= 4 is 0 Å². The molecule has 0 saturated heterocycles. The summed E-state index contributed by atoms with van der Waals surface area (Å²) in [7, 11) is 0. The molecule has 0 N–H and O–H groups in total. The van der Waals surface area contributed by atoms with E-state index in [1.54, 1.807) is 0 Å². The molecular formula is C26H48. The molecule has 1 atom stereocenters. The van der Waals surface area contributed by atoms with Gasteiger partial charge in [-0.25, -0.2) is 0 Å². The van der Waals surface area contributed by atoms with Crippen LogP contribution in [0.2, 0.25) is 0 Å². The second-order valence-electron chi connectivity index (χ2n) is 7.69. The van der Waals surface area contributed by atoms with Crippen LogP contribution in [0.3, 0.4) is 0 Å². The van der Waals surface area contributed by atoms with Crippen molar-refractivity contribution in [2.45, 2.75) is 111 Å². The minimum absolute atomic E-state index is 0.711. The summed E-state index contributed by atoms with van der Waals surface area (Å²) in [5.41, 5.74) is 1.41. The Hall–Kier alpha value is -1.04. The minimum atomic E-state index is 0.711. The van der Waals surface area contributed by atoms with E-state index >= 15 is 0 Å². The Labute approximate surface area is 166 Å². The lowest BCUT2D eigenvalue weighted by atomic mass is 10.0. The van der Waals surface area contributed by atoms with Crippen LogP contribution in [0.1, 0.15) is 111 Å². The Morgan fingerprint density at radius 2 is 1.23 bits per heavy atom. The summed E-state index contributed by atoms with van der Waals surface area (Å²) in [6.45, 7) is 16.2. The lowest BCUT2D eigenvalue weighted by Crippen LogP contribution is -1.88. The number of allylic oxidation sites excluding steroid dienone is 6.